The molecule has 0 aromatic carbocycles. The van der Waals surface area contributed by atoms with Crippen LogP contribution in [0.15, 0.2) is 0 Å². The normalized spacial score (nSPS) is 20.1. The van der Waals surface area contributed by atoms with Gasteiger partial charge in [-0.2, -0.15) is 0 Å². The lowest BCUT2D eigenvalue weighted by Crippen LogP contribution is -2.60. The Labute approximate surface area is 111 Å². The van der Waals surface area contributed by atoms with Crippen molar-refractivity contribution >= 4 is 18.1 Å². The Bertz CT molecular complexity index is 390. The lowest BCUT2D eigenvalue weighted by atomic mass is 10.2. The number of hydrogen-bond acceptors (Lipinski definition) is 4. The van der Waals surface area contributed by atoms with Gasteiger partial charge in [0, 0.05) is 13.1 Å². The van der Waals surface area contributed by atoms with Gasteiger partial charge in [0.1, 0.15) is 11.6 Å². The van der Waals surface area contributed by atoms with Crippen LogP contribution in [-0.2, 0) is 9.53 Å². The molecule has 1 rings (SSSR count). The smallest absolute Gasteiger partial charge is 0.410 e. The van der Waals surface area contributed by atoms with E-state index in [1.54, 1.807) is 20.8 Å². The van der Waals surface area contributed by atoms with Gasteiger partial charge in [0.2, 0.25) is 0 Å². The number of carboxylic acid groups (broad SMARTS) is 1. The maximum absolute atomic E-state index is 11.8. The highest BCUT2D eigenvalue weighted by atomic mass is 16.6. The number of amides is 3. The Morgan fingerprint density at radius 1 is 1.26 bits per heavy atom. The first kappa shape index (κ1) is 15.1. The number of carbonyl (C=O) groups is 3. The average Bonchev–Trinajstić information content (AvgIpc) is 2.25. The fourth-order valence-electron chi connectivity index (χ4n) is 1.75. The largest absolute Gasteiger partial charge is 0.480 e. The Morgan fingerprint density at radius 2 is 1.84 bits per heavy atom. The number of ether oxygens (including phenoxy) is 1. The zero-order valence-corrected chi connectivity index (χ0v) is 11.3. The van der Waals surface area contributed by atoms with Crippen molar-refractivity contribution in [2.24, 2.45) is 5.73 Å². The number of urea groups is 1. The fourth-order valence-corrected chi connectivity index (χ4v) is 1.75. The minimum absolute atomic E-state index is 0.0749. The second kappa shape index (κ2) is 5.33. The summed E-state index contributed by atoms with van der Waals surface area (Å²) in [6.45, 7) is 5.30. The van der Waals surface area contributed by atoms with Gasteiger partial charge in [0.05, 0.1) is 6.54 Å². The molecule has 8 heteroatoms. The van der Waals surface area contributed by atoms with E-state index in [4.69, 9.17) is 15.6 Å². The summed E-state index contributed by atoms with van der Waals surface area (Å²) in [7, 11) is 0. The van der Waals surface area contributed by atoms with Crippen molar-refractivity contribution in [2.45, 2.75) is 32.4 Å². The van der Waals surface area contributed by atoms with E-state index in [1.807, 2.05) is 0 Å². The first-order chi connectivity index (χ1) is 8.61. The number of nitrogens with two attached hydrogens (primary N) is 1. The Hall–Kier alpha value is -1.99. The second-order valence-electron chi connectivity index (χ2n) is 5.31. The molecule has 8 nitrogen and oxygen atoms in total. The zero-order valence-electron chi connectivity index (χ0n) is 11.3. The Kier molecular flexibility index (Phi) is 4.23. The molecule has 1 saturated heterocycles. The zero-order chi connectivity index (χ0) is 14.8. The van der Waals surface area contributed by atoms with Crippen LogP contribution in [0.4, 0.5) is 9.59 Å². The van der Waals surface area contributed by atoms with Gasteiger partial charge in [0.15, 0.2) is 0 Å². The van der Waals surface area contributed by atoms with Gasteiger partial charge in [-0.3, -0.25) is 0 Å². The molecule has 3 N–H and O–H groups in total. The minimum Gasteiger partial charge on any atom is -0.480 e. The highest BCUT2D eigenvalue weighted by molar-refractivity contribution is 5.83. The van der Waals surface area contributed by atoms with Gasteiger partial charge in [-0.25, -0.2) is 14.4 Å². The molecule has 0 saturated carbocycles. The van der Waals surface area contributed by atoms with Crippen LogP contribution in [0.3, 0.4) is 0 Å². The monoisotopic (exact) mass is 273 g/mol. The van der Waals surface area contributed by atoms with Crippen LogP contribution in [0, 0.1) is 0 Å². The van der Waals surface area contributed by atoms with Crippen LogP contribution in [0.1, 0.15) is 20.8 Å². The molecule has 0 aromatic rings. The van der Waals surface area contributed by atoms with E-state index in [0.29, 0.717) is 0 Å². The number of carbonyl (C=O) groups excluding carboxylic acids is 2. The molecule has 0 bridgehead atoms. The van der Waals surface area contributed by atoms with Gasteiger partial charge >= 0.3 is 18.1 Å². The van der Waals surface area contributed by atoms with Crippen LogP contribution in [0.5, 0.6) is 0 Å². The van der Waals surface area contributed by atoms with E-state index < -0.39 is 29.7 Å². The van der Waals surface area contributed by atoms with E-state index in [-0.39, 0.29) is 19.6 Å². The van der Waals surface area contributed by atoms with E-state index in [0.717, 1.165) is 4.90 Å². The summed E-state index contributed by atoms with van der Waals surface area (Å²) in [6.07, 6.45) is -0.595. The molecule has 0 radical (unpaired) electrons. The van der Waals surface area contributed by atoms with Crippen molar-refractivity contribution in [3.8, 4) is 0 Å². The van der Waals surface area contributed by atoms with Gasteiger partial charge in [0.25, 0.3) is 0 Å². The number of nitrogens with zero attached hydrogens (tertiary/aromatic N) is 2. The van der Waals surface area contributed by atoms with Gasteiger partial charge in [-0.1, -0.05) is 0 Å². The molecule has 1 atom stereocenters. The highest BCUT2D eigenvalue weighted by Gasteiger charge is 2.37. The third-order valence-electron chi connectivity index (χ3n) is 2.60. The summed E-state index contributed by atoms with van der Waals surface area (Å²) in [5.74, 6) is -1.20. The Balaban J connectivity index is 2.74. The highest BCUT2D eigenvalue weighted by Crippen LogP contribution is 2.15. The summed E-state index contributed by atoms with van der Waals surface area (Å²) < 4.78 is 5.16. The van der Waals surface area contributed by atoms with Crippen LogP contribution in [0.2, 0.25) is 0 Å². The first-order valence-electron chi connectivity index (χ1n) is 5.88. The lowest BCUT2D eigenvalue weighted by molar-refractivity contribution is -0.144. The van der Waals surface area contributed by atoms with E-state index >= 15 is 0 Å². The molecule has 0 spiro atoms. The maximum atomic E-state index is 11.8. The SMILES string of the molecule is CC(C)(C)OC(=O)N1CCN(C(N)=O)[C@H](C(=O)O)C1. The predicted octanol–water partition coefficient (Wildman–Crippen LogP) is 0.0710. The molecule has 108 valence electrons. The number of piperazine rings is 1. The van der Waals surface area contributed by atoms with Crippen molar-refractivity contribution in [1.29, 1.82) is 0 Å². The van der Waals surface area contributed by atoms with E-state index in [1.165, 1.54) is 4.90 Å². The molecule has 0 aromatic heterocycles. The fraction of sp³-hybridized carbons (Fsp3) is 0.727. The number of hydrogen-bond donors (Lipinski definition) is 2. The van der Waals surface area contributed by atoms with E-state index in [9.17, 15) is 14.4 Å². The van der Waals surface area contributed by atoms with Gasteiger partial charge < -0.3 is 25.4 Å². The summed E-state index contributed by atoms with van der Waals surface area (Å²) >= 11 is 0. The number of rotatable bonds is 1. The molecular formula is C11H19N3O5. The Morgan fingerprint density at radius 3 is 2.26 bits per heavy atom. The van der Waals surface area contributed by atoms with E-state index in [2.05, 4.69) is 0 Å². The maximum Gasteiger partial charge on any atom is 0.410 e. The third-order valence-corrected chi connectivity index (χ3v) is 2.60. The van der Waals surface area contributed by atoms with Crippen LogP contribution in [-0.4, -0.2) is 64.3 Å². The van der Waals surface area contributed by atoms with Gasteiger partial charge in [-0.15, -0.1) is 0 Å². The molecule has 0 aliphatic carbocycles. The molecule has 1 aliphatic heterocycles. The van der Waals surface area contributed by atoms with Crippen molar-refractivity contribution in [3.05, 3.63) is 0 Å². The third kappa shape index (κ3) is 4.01. The summed E-state index contributed by atoms with van der Waals surface area (Å²) in [5, 5.41) is 9.06. The van der Waals surface area contributed by atoms with Crippen molar-refractivity contribution in [3.63, 3.8) is 0 Å². The lowest BCUT2D eigenvalue weighted by Gasteiger charge is -2.38. The van der Waals surface area contributed by atoms with Crippen LogP contribution >= 0.6 is 0 Å². The van der Waals surface area contributed by atoms with Crippen molar-refractivity contribution in [1.82, 2.24) is 9.80 Å². The molecular weight excluding hydrogens is 254 g/mol. The summed E-state index contributed by atoms with van der Waals surface area (Å²) in [4.78, 5) is 36.4. The van der Waals surface area contributed by atoms with Crippen LogP contribution in [0.25, 0.3) is 0 Å². The average molecular weight is 273 g/mol. The number of aliphatic carboxylic acids is 1. The summed E-state index contributed by atoms with van der Waals surface area (Å²) in [5.41, 5.74) is 4.45. The molecule has 19 heavy (non-hydrogen) atoms. The number of primary amides is 1. The van der Waals surface area contributed by atoms with Crippen molar-refractivity contribution < 1.29 is 24.2 Å². The van der Waals surface area contributed by atoms with Crippen molar-refractivity contribution in [2.75, 3.05) is 19.6 Å². The molecule has 1 heterocycles. The quantitative estimate of drug-likeness (QED) is 0.702. The molecule has 1 fully saturated rings. The van der Waals surface area contributed by atoms with Gasteiger partial charge in [-0.05, 0) is 20.8 Å². The summed E-state index contributed by atoms with van der Waals surface area (Å²) in [6, 6.07) is -1.95. The first-order valence-corrected chi connectivity index (χ1v) is 5.88. The molecule has 0 unspecified atom stereocenters. The van der Waals surface area contributed by atoms with Crippen LogP contribution < -0.4 is 5.73 Å². The molecule has 1 aliphatic rings. The predicted molar refractivity (Wildman–Crippen MR) is 65.5 cm³/mol. The minimum atomic E-state index is -1.20. The molecule has 3 amide bonds. The standard InChI is InChI=1S/C11H19N3O5/c1-11(2,3)19-10(18)13-4-5-14(9(12)17)7(6-13)8(15)16/h7H,4-6H2,1-3H3,(H2,12,17)(H,15,16)/t7-/m0/s1. The topological polar surface area (TPSA) is 113 Å². The number of carboxylic acids is 1. The second-order valence-corrected chi connectivity index (χ2v) is 5.31.